The smallest absolute Gasteiger partial charge is 0.150 e. The Balaban J connectivity index is 1.76. The number of aliphatic hydroxyl groups is 1. The third-order valence-electron chi connectivity index (χ3n) is 4.71. The van der Waals surface area contributed by atoms with Gasteiger partial charge in [0, 0.05) is 34.4 Å². The SMILES string of the molecule is COc1cc(N=S(C)(C)=O)cc2ncnc(Nc3ccc(F)cc3O[C@H]3COC[C@H]3O)c12. The lowest BCUT2D eigenvalue weighted by atomic mass is 10.2. The fourth-order valence-electron chi connectivity index (χ4n) is 3.33. The molecule has 2 aromatic carbocycles. The third-order valence-corrected chi connectivity index (χ3v) is 5.36. The number of rotatable bonds is 6. The molecule has 1 saturated heterocycles. The average molecular weight is 463 g/mol. The lowest BCUT2D eigenvalue weighted by Crippen LogP contribution is -2.30. The highest BCUT2D eigenvalue weighted by Crippen LogP contribution is 2.37. The van der Waals surface area contributed by atoms with Gasteiger partial charge in [0.2, 0.25) is 0 Å². The van der Waals surface area contributed by atoms with Crippen molar-refractivity contribution in [3.05, 3.63) is 42.5 Å². The van der Waals surface area contributed by atoms with E-state index in [1.807, 2.05) is 0 Å². The van der Waals surface area contributed by atoms with E-state index in [9.17, 15) is 13.7 Å². The van der Waals surface area contributed by atoms with E-state index in [1.54, 1.807) is 24.6 Å². The summed E-state index contributed by atoms with van der Waals surface area (Å²) in [6.07, 6.45) is 3.02. The molecule has 1 aliphatic heterocycles. The molecule has 0 aliphatic carbocycles. The normalized spacial score (nSPS) is 18.5. The van der Waals surface area contributed by atoms with Crippen LogP contribution in [0.15, 0.2) is 41.0 Å². The Morgan fingerprint density at radius 2 is 2.03 bits per heavy atom. The molecule has 3 aromatic rings. The molecule has 11 heteroatoms. The predicted octanol–water partition coefficient (Wildman–Crippen LogP) is 3.02. The number of aliphatic hydroxyl groups excluding tert-OH is 1. The van der Waals surface area contributed by atoms with Crippen LogP contribution in [0.25, 0.3) is 10.9 Å². The Morgan fingerprint density at radius 1 is 1.22 bits per heavy atom. The molecule has 1 fully saturated rings. The van der Waals surface area contributed by atoms with E-state index in [0.29, 0.717) is 33.8 Å². The first-order chi connectivity index (χ1) is 15.2. The monoisotopic (exact) mass is 462 g/mol. The van der Waals surface area contributed by atoms with Crippen LogP contribution in [-0.4, -0.2) is 64.3 Å². The minimum absolute atomic E-state index is 0.158. The molecule has 32 heavy (non-hydrogen) atoms. The molecule has 170 valence electrons. The van der Waals surface area contributed by atoms with Crippen LogP contribution >= 0.6 is 0 Å². The Hall–Kier alpha value is -3.02. The molecule has 0 amide bonds. The standard InChI is InChI=1S/C21H23FN4O5S/c1-29-18-8-13(26-32(2,3)28)7-15-20(18)21(24-11-23-15)25-14-5-4-12(22)6-17(14)31-19-10-30-9-16(19)27/h4-8,11,16,19,27H,9-10H2,1-3H3,(H,23,24,25)/t16-,19+/m1/s1. The fraction of sp³-hybridized carbons (Fsp3) is 0.333. The Kier molecular flexibility index (Phi) is 6.13. The Bertz CT molecular complexity index is 1270. The van der Waals surface area contributed by atoms with Gasteiger partial charge in [-0.05, 0) is 18.2 Å². The Morgan fingerprint density at radius 3 is 2.72 bits per heavy atom. The molecule has 9 nitrogen and oxygen atoms in total. The van der Waals surface area contributed by atoms with Crippen LogP contribution in [-0.2, 0) is 14.5 Å². The fourth-order valence-corrected chi connectivity index (χ4v) is 3.94. The van der Waals surface area contributed by atoms with Gasteiger partial charge in [-0.3, -0.25) is 0 Å². The molecule has 0 spiro atoms. The summed E-state index contributed by atoms with van der Waals surface area (Å²) in [7, 11) is -0.879. The first-order valence-corrected chi connectivity index (χ1v) is 12.1. The van der Waals surface area contributed by atoms with Crippen molar-refractivity contribution in [3.63, 3.8) is 0 Å². The minimum atomic E-state index is -2.38. The van der Waals surface area contributed by atoms with E-state index in [2.05, 4.69) is 19.6 Å². The number of methoxy groups -OCH3 is 1. The van der Waals surface area contributed by atoms with Crippen LogP contribution in [0, 0.1) is 5.82 Å². The molecule has 1 aliphatic rings. The van der Waals surface area contributed by atoms with E-state index >= 15 is 0 Å². The highest BCUT2D eigenvalue weighted by Gasteiger charge is 2.29. The van der Waals surface area contributed by atoms with Crippen molar-refractivity contribution in [3.8, 4) is 11.5 Å². The van der Waals surface area contributed by atoms with Crippen molar-refractivity contribution in [2.24, 2.45) is 4.36 Å². The number of anilines is 2. The number of aromatic nitrogens is 2. The van der Waals surface area contributed by atoms with Gasteiger partial charge in [-0.1, -0.05) is 0 Å². The molecular weight excluding hydrogens is 439 g/mol. The molecule has 0 unspecified atom stereocenters. The maximum atomic E-state index is 13.9. The summed E-state index contributed by atoms with van der Waals surface area (Å²) >= 11 is 0. The molecule has 2 N–H and O–H groups in total. The topological polar surface area (TPSA) is 115 Å². The summed E-state index contributed by atoms with van der Waals surface area (Å²) in [5, 5.41) is 13.7. The van der Waals surface area contributed by atoms with E-state index in [1.165, 1.54) is 31.6 Å². The number of hydrogen-bond acceptors (Lipinski definition) is 9. The number of nitrogens with one attached hydrogen (secondary N) is 1. The second kappa shape index (κ2) is 8.85. The summed E-state index contributed by atoms with van der Waals surface area (Å²) in [4.78, 5) is 8.60. The number of benzene rings is 2. The summed E-state index contributed by atoms with van der Waals surface area (Å²) in [5.41, 5.74) is 1.43. The van der Waals surface area contributed by atoms with Crippen molar-refractivity contribution in [1.29, 1.82) is 0 Å². The van der Waals surface area contributed by atoms with Gasteiger partial charge < -0.3 is 24.6 Å². The number of halogens is 1. The van der Waals surface area contributed by atoms with E-state index in [4.69, 9.17) is 14.2 Å². The largest absolute Gasteiger partial charge is 0.496 e. The van der Waals surface area contributed by atoms with E-state index in [-0.39, 0.29) is 19.0 Å². The molecule has 2 heterocycles. The van der Waals surface area contributed by atoms with Gasteiger partial charge in [0.25, 0.3) is 0 Å². The average Bonchev–Trinajstić information content (AvgIpc) is 3.12. The van der Waals surface area contributed by atoms with Gasteiger partial charge in [0.1, 0.15) is 35.6 Å². The zero-order chi connectivity index (χ0) is 22.9. The minimum Gasteiger partial charge on any atom is -0.496 e. The molecular formula is C21H23FN4O5S. The quantitative estimate of drug-likeness (QED) is 0.575. The highest BCUT2D eigenvalue weighted by molar-refractivity contribution is 7.92. The Labute approximate surface area is 184 Å². The number of ether oxygens (including phenoxy) is 3. The van der Waals surface area contributed by atoms with E-state index < -0.39 is 27.8 Å². The molecule has 0 radical (unpaired) electrons. The van der Waals surface area contributed by atoms with Gasteiger partial charge in [0.15, 0.2) is 6.10 Å². The third kappa shape index (κ3) is 4.90. The van der Waals surface area contributed by atoms with Crippen molar-refractivity contribution < 1.29 is 27.9 Å². The first-order valence-electron chi connectivity index (χ1n) is 9.72. The highest BCUT2D eigenvalue weighted by atomic mass is 32.2. The molecule has 2 atom stereocenters. The van der Waals surface area contributed by atoms with Gasteiger partial charge in [-0.25, -0.2) is 18.6 Å². The van der Waals surface area contributed by atoms with Crippen molar-refractivity contribution in [1.82, 2.24) is 9.97 Å². The van der Waals surface area contributed by atoms with Crippen LogP contribution in [0.4, 0.5) is 21.6 Å². The molecule has 1 aromatic heterocycles. The van der Waals surface area contributed by atoms with Crippen molar-refractivity contribution in [2.45, 2.75) is 12.2 Å². The number of hydrogen-bond donors (Lipinski definition) is 2. The van der Waals surface area contributed by atoms with Gasteiger partial charge in [-0.2, -0.15) is 4.36 Å². The molecule has 0 saturated carbocycles. The second-order valence-corrected chi connectivity index (χ2v) is 10.1. The van der Waals surface area contributed by atoms with Crippen LogP contribution in [0.3, 0.4) is 0 Å². The van der Waals surface area contributed by atoms with Crippen molar-refractivity contribution >= 4 is 37.8 Å². The number of fused-ring (bicyclic) bond motifs is 1. The van der Waals surface area contributed by atoms with Gasteiger partial charge in [-0.15, -0.1) is 0 Å². The van der Waals surface area contributed by atoms with Crippen LogP contribution < -0.4 is 14.8 Å². The number of nitrogens with zero attached hydrogens (tertiary/aromatic N) is 3. The predicted molar refractivity (Wildman–Crippen MR) is 119 cm³/mol. The zero-order valence-electron chi connectivity index (χ0n) is 17.7. The van der Waals surface area contributed by atoms with Crippen LogP contribution in [0.5, 0.6) is 11.5 Å². The summed E-state index contributed by atoms with van der Waals surface area (Å²) in [6.45, 7) is 0.359. The molecule has 0 bridgehead atoms. The van der Waals surface area contributed by atoms with Crippen LogP contribution in [0.1, 0.15) is 0 Å². The summed E-state index contributed by atoms with van der Waals surface area (Å²) < 4.78 is 46.8. The maximum absolute atomic E-state index is 13.9. The first kappa shape index (κ1) is 22.2. The van der Waals surface area contributed by atoms with Gasteiger partial charge in [0.05, 0.1) is 42.6 Å². The lowest BCUT2D eigenvalue weighted by Gasteiger charge is -2.19. The second-order valence-electron chi connectivity index (χ2n) is 7.56. The zero-order valence-corrected chi connectivity index (χ0v) is 18.6. The lowest BCUT2D eigenvalue weighted by molar-refractivity contribution is 0.0736. The van der Waals surface area contributed by atoms with E-state index in [0.717, 1.165) is 0 Å². The maximum Gasteiger partial charge on any atom is 0.150 e. The van der Waals surface area contributed by atoms with Crippen molar-refractivity contribution in [2.75, 3.05) is 38.2 Å². The van der Waals surface area contributed by atoms with Gasteiger partial charge >= 0.3 is 0 Å². The molecule has 4 rings (SSSR count). The van der Waals surface area contributed by atoms with Crippen LogP contribution in [0.2, 0.25) is 0 Å². The summed E-state index contributed by atoms with van der Waals surface area (Å²) in [6, 6.07) is 7.36. The summed E-state index contributed by atoms with van der Waals surface area (Å²) in [5.74, 6) is 0.538.